The largest absolute Gasteiger partial charge is 0.366 e. The van der Waals surface area contributed by atoms with Crippen LogP contribution in [0, 0.1) is 0 Å². The van der Waals surface area contributed by atoms with Crippen molar-refractivity contribution in [3.63, 3.8) is 0 Å². The minimum Gasteiger partial charge on any atom is -0.366 e. The Labute approximate surface area is 264 Å². The fraction of sp³-hybridized carbons (Fsp3) is 0.471. The third kappa shape index (κ3) is 6.13. The number of likely N-dealkylation sites (tertiary alicyclic amines) is 1. The molecule has 4 heterocycles. The third-order valence-corrected chi connectivity index (χ3v) is 9.35. The number of carbonyl (C=O) groups excluding carboxylic acids is 3. The first-order chi connectivity index (χ1) is 21.5. The molecule has 3 aromatic rings. The summed E-state index contributed by atoms with van der Waals surface area (Å²) in [5.74, 6) is -0.0855. The van der Waals surface area contributed by atoms with Crippen molar-refractivity contribution in [1.29, 1.82) is 0 Å². The van der Waals surface area contributed by atoms with E-state index in [0.29, 0.717) is 24.3 Å². The number of amides is 4. The maximum absolute atomic E-state index is 13.6. The number of nitrogens with one attached hydrogen (secondary N) is 3. The minimum absolute atomic E-state index is 0.0334. The normalized spacial score (nSPS) is 20.6. The highest BCUT2D eigenvalue weighted by Crippen LogP contribution is 2.35. The van der Waals surface area contributed by atoms with E-state index in [1.54, 1.807) is 19.0 Å². The zero-order valence-electron chi connectivity index (χ0n) is 26.9. The second-order valence-corrected chi connectivity index (χ2v) is 13.2. The van der Waals surface area contributed by atoms with E-state index in [-0.39, 0.29) is 35.3 Å². The van der Waals surface area contributed by atoms with Gasteiger partial charge in [-0.3, -0.25) is 14.3 Å². The lowest BCUT2D eigenvalue weighted by molar-refractivity contribution is 0.0827. The molecule has 2 atom stereocenters. The van der Waals surface area contributed by atoms with E-state index in [1.165, 1.54) is 0 Å². The van der Waals surface area contributed by atoms with Gasteiger partial charge in [-0.05, 0) is 75.2 Å². The molecule has 0 aliphatic carbocycles. The van der Waals surface area contributed by atoms with Crippen LogP contribution in [-0.4, -0.2) is 83.2 Å². The van der Waals surface area contributed by atoms with Gasteiger partial charge < -0.3 is 30.7 Å². The number of hydrogen-bond acceptors (Lipinski definition) is 6. The summed E-state index contributed by atoms with van der Waals surface area (Å²) in [6, 6.07) is 15.3. The van der Waals surface area contributed by atoms with E-state index < -0.39 is 0 Å². The smallest absolute Gasteiger partial charge is 0.321 e. The number of aromatic nitrogens is 2. The second-order valence-electron chi connectivity index (χ2n) is 13.2. The quantitative estimate of drug-likeness (QED) is 0.369. The average Bonchev–Trinajstić information content (AvgIpc) is 3.64. The van der Waals surface area contributed by atoms with Crippen molar-refractivity contribution in [1.82, 2.24) is 30.2 Å². The molecule has 6 rings (SSSR count). The van der Waals surface area contributed by atoms with Gasteiger partial charge in [0, 0.05) is 92.5 Å². The predicted octanol–water partition coefficient (Wildman–Crippen LogP) is 4.19. The van der Waals surface area contributed by atoms with Gasteiger partial charge in [0.15, 0.2) is 5.69 Å². The number of carbonyl (C=O) groups is 3. The number of hydrogen-bond donors (Lipinski definition) is 3. The van der Waals surface area contributed by atoms with Crippen molar-refractivity contribution in [2.24, 2.45) is 0 Å². The SMILES string of the molecule is CC(C)n1nc(C(=O)NCc2ccc(NC(=O)N3CCC4(CCN4)C3)cc2)c2c1[C@@H](C)CN(c1ccc(C(=O)N(C)C)cc1)C2. The molecule has 0 radical (unpaired) electrons. The topological polar surface area (TPSA) is 115 Å². The van der Waals surface area contributed by atoms with E-state index in [9.17, 15) is 14.4 Å². The number of anilines is 2. The lowest BCUT2D eigenvalue weighted by atomic mass is 9.87. The number of nitrogens with zero attached hydrogens (tertiary/aromatic N) is 5. The van der Waals surface area contributed by atoms with Gasteiger partial charge in [0.05, 0.1) is 0 Å². The van der Waals surface area contributed by atoms with Gasteiger partial charge in [-0.15, -0.1) is 0 Å². The molecule has 0 bridgehead atoms. The molecule has 2 fully saturated rings. The maximum Gasteiger partial charge on any atom is 0.321 e. The highest BCUT2D eigenvalue weighted by molar-refractivity contribution is 5.95. The summed E-state index contributed by atoms with van der Waals surface area (Å²) in [5.41, 5.74) is 5.92. The molecule has 11 heteroatoms. The number of urea groups is 1. The van der Waals surface area contributed by atoms with Crippen LogP contribution in [-0.2, 0) is 13.1 Å². The van der Waals surface area contributed by atoms with Crippen molar-refractivity contribution in [2.75, 3.05) is 50.5 Å². The van der Waals surface area contributed by atoms with E-state index >= 15 is 0 Å². The monoisotopic (exact) mass is 612 g/mol. The van der Waals surface area contributed by atoms with Crippen molar-refractivity contribution in [3.05, 3.63) is 76.6 Å². The molecule has 3 aliphatic heterocycles. The molecule has 238 valence electrons. The molecule has 4 amide bonds. The van der Waals surface area contributed by atoms with Crippen molar-refractivity contribution in [2.45, 2.75) is 64.2 Å². The lowest BCUT2D eigenvalue weighted by Crippen LogP contribution is -2.58. The van der Waals surface area contributed by atoms with Crippen LogP contribution >= 0.6 is 0 Å². The van der Waals surface area contributed by atoms with Gasteiger partial charge in [-0.2, -0.15) is 5.10 Å². The number of fused-ring (bicyclic) bond motifs is 1. The third-order valence-electron chi connectivity index (χ3n) is 9.35. The first-order valence-corrected chi connectivity index (χ1v) is 15.9. The first kappa shape index (κ1) is 30.6. The predicted molar refractivity (Wildman–Crippen MR) is 175 cm³/mol. The summed E-state index contributed by atoms with van der Waals surface area (Å²) in [6.07, 6.45) is 2.13. The fourth-order valence-electron chi connectivity index (χ4n) is 6.73. The van der Waals surface area contributed by atoms with Crippen LogP contribution in [0.5, 0.6) is 0 Å². The summed E-state index contributed by atoms with van der Waals surface area (Å²) < 4.78 is 1.99. The van der Waals surface area contributed by atoms with Crippen molar-refractivity contribution in [3.8, 4) is 0 Å². The van der Waals surface area contributed by atoms with Gasteiger partial charge in [-0.25, -0.2) is 4.79 Å². The Morgan fingerprint density at radius 2 is 1.78 bits per heavy atom. The highest BCUT2D eigenvalue weighted by Gasteiger charge is 2.44. The molecule has 45 heavy (non-hydrogen) atoms. The molecule has 0 saturated carbocycles. The van der Waals surface area contributed by atoms with Gasteiger partial charge in [0.25, 0.3) is 11.8 Å². The molecule has 3 aliphatic rings. The Morgan fingerprint density at radius 3 is 2.38 bits per heavy atom. The van der Waals surface area contributed by atoms with Gasteiger partial charge >= 0.3 is 6.03 Å². The maximum atomic E-state index is 13.6. The molecule has 11 nitrogen and oxygen atoms in total. The molecular formula is C34H44N8O3. The van der Waals surface area contributed by atoms with Gasteiger partial charge in [0.2, 0.25) is 0 Å². The summed E-state index contributed by atoms with van der Waals surface area (Å²) in [6.45, 7) is 10.6. The average molecular weight is 613 g/mol. The van der Waals surface area contributed by atoms with E-state index in [4.69, 9.17) is 5.10 Å². The molecule has 1 unspecified atom stereocenters. The Hall–Kier alpha value is -4.38. The minimum atomic E-state index is -0.212. The van der Waals surface area contributed by atoms with Crippen LogP contribution in [0.3, 0.4) is 0 Å². The van der Waals surface area contributed by atoms with Gasteiger partial charge in [-0.1, -0.05) is 19.1 Å². The molecule has 1 aromatic heterocycles. The summed E-state index contributed by atoms with van der Waals surface area (Å²) in [7, 11) is 3.49. The van der Waals surface area contributed by atoms with Crippen LogP contribution < -0.4 is 20.9 Å². The zero-order chi connectivity index (χ0) is 31.9. The van der Waals surface area contributed by atoms with Crippen LogP contribution in [0.4, 0.5) is 16.2 Å². The molecule has 3 N–H and O–H groups in total. The molecular weight excluding hydrogens is 568 g/mol. The first-order valence-electron chi connectivity index (χ1n) is 15.9. The van der Waals surface area contributed by atoms with Crippen LogP contribution in [0.25, 0.3) is 0 Å². The van der Waals surface area contributed by atoms with Crippen LogP contribution in [0.1, 0.15) is 83.2 Å². The summed E-state index contributed by atoms with van der Waals surface area (Å²) in [5, 5.41) is 14.4. The van der Waals surface area contributed by atoms with E-state index in [2.05, 4.69) is 41.6 Å². The van der Waals surface area contributed by atoms with E-state index in [0.717, 1.165) is 67.2 Å². The Bertz CT molecular complexity index is 1570. The van der Waals surface area contributed by atoms with Crippen LogP contribution in [0.2, 0.25) is 0 Å². The zero-order valence-corrected chi connectivity index (χ0v) is 26.9. The van der Waals surface area contributed by atoms with Gasteiger partial charge in [0.1, 0.15) is 0 Å². The van der Waals surface area contributed by atoms with E-state index in [1.807, 2.05) is 58.1 Å². The van der Waals surface area contributed by atoms with Crippen molar-refractivity contribution >= 4 is 29.2 Å². The number of benzene rings is 2. The summed E-state index contributed by atoms with van der Waals surface area (Å²) >= 11 is 0. The Kier molecular flexibility index (Phi) is 8.30. The number of rotatable bonds is 7. The van der Waals surface area contributed by atoms with Crippen molar-refractivity contribution < 1.29 is 14.4 Å². The Balaban J connectivity index is 1.11. The lowest BCUT2D eigenvalue weighted by Gasteiger charge is -2.39. The Morgan fingerprint density at radius 1 is 1.07 bits per heavy atom. The van der Waals surface area contributed by atoms with Crippen LogP contribution in [0.15, 0.2) is 48.5 Å². The second kappa shape index (κ2) is 12.2. The fourth-order valence-corrected chi connectivity index (χ4v) is 6.73. The standard InChI is InChI=1S/C34H44N8O3/c1-22(2)42-30-23(3)19-41(27-12-8-25(9-13-27)32(44)39(4)5)20-28(30)29(38-42)31(43)35-18-24-6-10-26(11-7-24)37-33(45)40-17-15-34(21-40)14-16-36-34/h6-13,22-23,36H,14-21H2,1-5H3,(H,35,43)(H,37,45)/t23-,34?/m0/s1. The molecule has 2 aromatic carbocycles. The molecule has 2 saturated heterocycles. The highest BCUT2D eigenvalue weighted by atomic mass is 16.2. The molecule has 1 spiro atoms. The summed E-state index contributed by atoms with van der Waals surface area (Å²) in [4.78, 5) is 44.4.